The van der Waals surface area contributed by atoms with Crippen LogP contribution in [0.2, 0.25) is 0 Å². The van der Waals surface area contributed by atoms with E-state index in [0.29, 0.717) is 5.92 Å². The minimum absolute atomic E-state index is 0.709. The number of aromatic nitrogens is 1. The predicted molar refractivity (Wildman–Crippen MR) is 50.6 cm³/mol. The Morgan fingerprint density at radius 2 is 2.09 bits per heavy atom. The van der Waals surface area contributed by atoms with Gasteiger partial charge in [0.15, 0.2) is 0 Å². The highest BCUT2D eigenvalue weighted by molar-refractivity contribution is 8.00. The van der Waals surface area contributed by atoms with Gasteiger partial charge in [-0.1, -0.05) is 13.8 Å². The van der Waals surface area contributed by atoms with Crippen molar-refractivity contribution in [2.24, 2.45) is 0 Å². The topological polar surface area (TPSA) is 12.9 Å². The third kappa shape index (κ3) is 1.11. The van der Waals surface area contributed by atoms with Gasteiger partial charge in [-0.05, 0) is 6.92 Å². The molecular weight excluding hydrogens is 174 g/mol. The van der Waals surface area contributed by atoms with Gasteiger partial charge in [-0.25, -0.2) is 4.98 Å². The highest BCUT2D eigenvalue weighted by Gasteiger charge is 2.29. The molecule has 1 unspecified atom stereocenters. The summed E-state index contributed by atoms with van der Waals surface area (Å²) in [6.07, 6.45) is 0. The van der Waals surface area contributed by atoms with Crippen LogP contribution in [0.1, 0.15) is 29.7 Å². The Balaban J connectivity index is 2.44. The fourth-order valence-corrected chi connectivity index (χ4v) is 3.86. The lowest BCUT2D eigenvalue weighted by atomic mass is 10.1. The van der Waals surface area contributed by atoms with Crippen LogP contribution in [0.4, 0.5) is 0 Å². The molecule has 1 aromatic rings. The molecule has 0 aliphatic carbocycles. The van der Waals surface area contributed by atoms with Crippen molar-refractivity contribution in [2.45, 2.75) is 37.0 Å². The molecule has 1 aliphatic heterocycles. The third-order valence-electron chi connectivity index (χ3n) is 2.14. The number of thioether (sulfide) groups is 1. The van der Waals surface area contributed by atoms with Crippen LogP contribution in [0.15, 0.2) is 5.03 Å². The van der Waals surface area contributed by atoms with Crippen LogP contribution in [-0.2, 0) is 0 Å². The molecule has 0 radical (unpaired) electrons. The molecule has 60 valence electrons. The lowest BCUT2D eigenvalue weighted by molar-refractivity contribution is 0.775. The number of fused-ring (bicyclic) bond motifs is 1. The number of nitrogens with zero attached hydrogens (tertiary/aromatic N) is 1. The highest BCUT2D eigenvalue weighted by Crippen LogP contribution is 2.47. The largest absolute Gasteiger partial charge is 0.235 e. The standard InChI is InChI=1S/C8H11NS2/c1-4-5(2)10-8-7(4)11-6(3)9-8/h4-5H,1-3H3/t4?,5-/m1/s1. The maximum absolute atomic E-state index is 4.47. The van der Waals surface area contributed by atoms with Crippen LogP contribution >= 0.6 is 23.1 Å². The van der Waals surface area contributed by atoms with E-state index in [-0.39, 0.29) is 0 Å². The number of hydrogen-bond donors (Lipinski definition) is 0. The Bertz CT molecular complexity index is 280. The smallest absolute Gasteiger partial charge is 0.111 e. The summed E-state index contributed by atoms with van der Waals surface area (Å²) in [5, 5.41) is 3.22. The van der Waals surface area contributed by atoms with Crippen molar-refractivity contribution in [1.82, 2.24) is 4.98 Å². The molecule has 3 heteroatoms. The van der Waals surface area contributed by atoms with E-state index < -0.39 is 0 Å². The summed E-state index contributed by atoms with van der Waals surface area (Å²) in [5.74, 6) is 0.709. The predicted octanol–water partition coefficient (Wildman–Crippen LogP) is 3.05. The van der Waals surface area contributed by atoms with Gasteiger partial charge >= 0.3 is 0 Å². The molecule has 0 bridgehead atoms. The number of hydrogen-bond acceptors (Lipinski definition) is 3. The fraction of sp³-hybridized carbons (Fsp3) is 0.625. The zero-order valence-corrected chi connectivity index (χ0v) is 8.55. The summed E-state index contributed by atoms with van der Waals surface area (Å²) in [6, 6.07) is 0. The summed E-state index contributed by atoms with van der Waals surface area (Å²) in [6.45, 7) is 6.65. The highest BCUT2D eigenvalue weighted by atomic mass is 32.2. The van der Waals surface area contributed by atoms with E-state index in [1.165, 1.54) is 14.9 Å². The normalized spacial score (nSPS) is 29.0. The van der Waals surface area contributed by atoms with Crippen molar-refractivity contribution < 1.29 is 0 Å². The first-order valence-corrected chi connectivity index (χ1v) is 5.52. The van der Waals surface area contributed by atoms with Crippen molar-refractivity contribution in [3.8, 4) is 0 Å². The second-order valence-electron chi connectivity index (χ2n) is 3.01. The van der Waals surface area contributed by atoms with Gasteiger partial charge in [-0.3, -0.25) is 0 Å². The summed E-state index contributed by atoms with van der Waals surface area (Å²) >= 11 is 3.78. The molecule has 0 saturated carbocycles. The molecule has 2 atom stereocenters. The van der Waals surface area contributed by atoms with Gasteiger partial charge in [-0.15, -0.1) is 23.1 Å². The molecule has 0 aromatic carbocycles. The summed E-state index contributed by atoms with van der Waals surface area (Å²) in [5.41, 5.74) is 0. The second kappa shape index (κ2) is 2.49. The molecule has 11 heavy (non-hydrogen) atoms. The van der Waals surface area contributed by atoms with E-state index in [1.54, 1.807) is 0 Å². The molecule has 1 aliphatic rings. The van der Waals surface area contributed by atoms with Gasteiger partial charge in [0.05, 0.1) is 5.01 Å². The molecule has 0 amide bonds. The number of rotatable bonds is 0. The van der Waals surface area contributed by atoms with Crippen molar-refractivity contribution >= 4 is 23.1 Å². The Labute approximate surface area is 75.2 Å². The monoisotopic (exact) mass is 185 g/mol. The first-order valence-electron chi connectivity index (χ1n) is 3.82. The molecule has 2 rings (SSSR count). The van der Waals surface area contributed by atoms with Crippen molar-refractivity contribution in [3.05, 3.63) is 9.88 Å². The van der Waals surface area contributed by atoms with E-state index in [2.05, 4.69) is 25.8 Å². The molecular formula is C8H11NS2. The van der Waals surface area contributed by atoms with E-state index in [4.69, 9.17) is 0 Å². The van der Waals surface area contributed by atoms with Crippen LogP contribution < -0.4 is 0 Å². The van der Waals surface area contributed by atoms with Crippen molar-refractivity contribution in [2.75, 3.05) is 0 Å². The van der Waals surface area contributed by atoms with Crippen LogP contribution in [-0.4, -0.2) is 10.2 Å². The number of aryl methyl sites for hydroxylation is 1. The number of thiazole rings is 1. The second-order valence-corrected chi connectivity index (χ2v) is 5.61. The van der Waals surface area contributed by atoms with Gasteiger partial charge in [0.25, 0.3) is 0 Å². The van der Waals surface area contributed by atoms with Gasteiger partial charge in [-0.2, -0.15) is 0 Å². The van der Waals surface area contributed by atoms with Gasteiger partial charge in [0.1, 0.15) is 5.03 Å². The quantitative estimate of drug-likeness (QED) is 0.616. The Morgan fingerprint density at radius 1 is 1.36 bits per heavy atom. The minimum Gasteiger partial charge on any atom is -0.235 e. The van der Waals surface area contributed by atoms with Crippen molar-refractivity contribution in [3.63, 3.8) is 0 Å². The van der Waals surface area contributed by atoms with Gasteiger partial charge < -0.3 is 0 Å². The molecule has 1 nitrogen and oxygen atoms in total. The van der Waals surface area contributed by atoms with Gasteiger partial charge in [0.2, 0.25) is 0 Å². The third-order valence-corrected chi connectivity index (χ3v) is 4.76. The van der Waals surface area contributed by atoms with Crippen LogP contribution in [0.25, 0.3) is 0 Å². The van der Waals surface area contributed by atoms with E-state index in [1.807, 2.05) is 23.1 Å². The Morgan fingerprint density at radius 3 is 2.73 bits per heavy atom. The molecule has 1 aromatic heterocycles. The summed E-state index contributed by atoms with van der Waals surface area (Å²) in [4.78, 5) is 5.97. The average Bonchev–Trinajstić information content (AvgIpc) is 2.37. The summed E-state index contributed by atoms with van der Waals surface area (Å²) in [7, 11) is 0. The SMILES string of the molecule is Cc1nc2c(s1)C(C)[C@@H](C)S2. The minimum atomic E-state index is 0.709. The van der Waals surface area contributed by atoms with Crippen LogP contribution in [0, 0.1) is 6.92 Å². The van der Waals surface area contributed by atoms with Gasteiger partial charge in [0, 0.05) is 16.0 Å². The molecule has 0 fully saturated rings. The fourth-order valence-electron chi connectivity index (χ4n) is 1.29. The van der Waals surface area contributed by atoms with E-state index in [0.717, 1.165) is 5.25 Å². The maximum Gasteiger partial charge on any atom is 0.111 e. The van der Waals surface area contributed by atoms with Crippen LogP contribution in [0.5, 0.6) is 0 Å². The first kappa shape index (κ1) is 7.62. The molecule has 0 spiro atoms. The average molecular weight is 185 g/mol. The molecule has 0 saturated heterocycles. The lowest BCUT2D eigenvalue weighted by Crippen LogP contribution is -1.98. The maximum atomic E-state index is 4.47. The van der Waals surface area contributed by atoms with E-state index in [9.17, 15) is 0 Å². The van der Waals surface area contributed by atoms with Crippen LogP contribution in [0.3, 0.4) is 0 Å². The zero-order chi connectivity index (χ0) is 8.01. The van der Waals surface area contributed by atoms with Crippen molar-refractivity contribution in [1.29, 1.82) is 0 Å². The van der Waals surface area contributed by atoms with E-state index >= 15 is 0 Å². The Kier molecular flexibility index (Phi) is 1.72. The molecule has 0 N–H and O–H groups in total. The zero-order valence-electron chi connectivity index (χ0n) is 6.92. The Hall–Kier alpha value is -0.0200. The first-order chi connectivity index (χ1) is 5.18. The summed E-state index contributed by atoms with van der Waals surface area (Å²) < 4.78 is 0. The lowest BCUT2D eigenvalue weighted by Gasteiger charge is -2.06. The molecule has 2 heterocycles.